The predicted octanol–water partition coefficient (Wildman–Crippen LogP) is 4.39. The van der Waals surface area contributed by atoms with Gasteiger partial charge in [0, 0.05) is 17.9 Å². The van der Waals surface area contributed by atoms with Gasteiger partial charge in [-0.15, -0.1) is 11.6 Å². The Bertz CT molecular complexity index is 739. The summed E-state index contributed by atoms with van der Waals surface area (Å²) in [6, 6.07) is 16.2. The number of aryl methyl sites for hydroxylation is 2. The van der Waals surface area contributed by atoms with Crippen molar-refractivity contribution in [2.24, 2.45) is 0 Å². The van der Waals surface area contributed by atoms with Crippen LogP contribution < -0.4 is 0 Å². The third-order valence-electron chi connectivity index (χ3n) is 3.35. The van der Waals surface area contributed by atoms with Gasteiger partial charge in [0.25, 0.3) is 0 Å². The van der Waals surface area contributed by atoms with Crippen molar-refractivity contribution in [2.45, 2.75) is 13.3 Å². The summed E-state index contributed by atoms with van der Waals surface area (Å²) in [7, 11) is 0. The second kappa shape index (κ2) is 5.59. The largest absolute Gasteiger partial charge is 0.249 e. The minimum Gasteiger partial charge on any atom is -0.249 e. The van der Waals surface area contributed by atoms with Crippen molar-refractivity contribution in [2.75, 3.05) is 5.88 Å². The van der Waals surface area contributed by atoms with E-state index in [-0.39, 0.29) is 0 Å². The summed E-state index contributed by atoms with van der Waals surface area (Å²) < 4.78 is 0. The topological polar surface area (TPSA) is 25.8 Å². The molecule has 0 aliphatic rings. The number of alkyl halides is 1. The summed E-state index contributed by atoms with van der Waals surface area (Å²) in [6.07, 6.45) is 0.725. The molecule has 0 N–H and O–H groups in total. The summed E-state index contributed by atoms with van der Waals surface area (Å²) in [5.41, 5.74) is 6.03. The highest BCUT2D eigenvalue weighted by molar-refractivity contribution is 6.18. The molecule has 0 aliphatic heterocycles. The summed E-state index contributed by atoms with van der Waals surface area (Å²) in [5.74, 6) is 0.547. The molecule has 0 spiro atoms. The van der Waals surface area contributed by atoms with Gasteiger partial charge in [0.1, 0.15) is 0 Å². The SMILES string of the molecule is Cc1cccc2nc(CCCl)c(-c3ccccc3)nc12. The maximum atomic E-state index is 5.91. The lowest BCUT2D eigenvalue weighted by molar-refractivity contribution is 1.04. The van der Waals surface area contributed by atoms with Crippen molar-refractivity contribution < 1.29 is 0 Å². The minimum absolute atomic E-state index is 0.547. The van der Waals surface area contributed by atoms with Gasteiger partial charge in [0.2, 0.25) is 0 Å². The van der Waals surface area contributed by atoms with E-state index in [0.717, 1.165) is 40.0 Å². The smallest absolute Gasteiger partial charge is 0.0925 e. The summed E-state index contributed by atoms with van der Waals surface area (Å²) >= 11 is 5.91. The number of hydrogen-bond acceptors (Lipinski definition) is 2. The van der Waals surface area contributed by atoms with Crippen molar-refractivity contribution in [1.82, 2.24) is 9.97 Å². The molecule has 3 rings (SSSR count). The lowest BCUT2D eigenvalue weighted by Gasteiger charge is -2.10. The van der Waals surface area contributed by atoms with E-state index in [1.165, 1.54) is 0 Å². The van der Waals surface area contributed by atoms with Gasteiger partial charge in [-0.3, -0.25) is 0 Å². The zero-order chi connectivity index (χ0) is 13.9. The zero-order valence-corrected chi connectivity index (χ0v) is 12.1. The third-order valence-corrected chi connectivity index (χ3v) is 3.54. The third kappa shape index (κ3) is 2.39. The van der Waals surface area contributed by atoms with Crippen molar-refractivity contribution in [1.29, 1.82) is 0 Å². The molecule has 0 bridgehead atoms. The second-order valence-electron chi connectivity index (χ2n) is 4.77. The number of rotatable bonds is 3. The van der Waals surface area contributed by atoms with Gasteiger partial charge >= 0.3 is 0 Å². The van der Waals surface area contributed by atoms with E-state index in [1.807, 2.05) is 30.3 Å². The summed E-state index contributed by atoms with van der Waals surface area (Å²) in [6.45, 7) is 2.06. The lowest BCUT2D eigenvalue weighted by Crippen LogP contribution is -2.01. The fourth-order valence-electron chi connectivity index (χ4n) is 2.34. The molecule has 0 aliphatic carbocycles. The molecule has 0 saturated carbocycles. The van der Waals surface area contributed by atoms with Gasteiger partial charge in [0.15, 0.2) is 0 Å². The fraction of sp³-hybridized carbons (Fsp3) is 0.176. The Morgan fingerprint density at radius 3 is 2.50 bits per heavy atom. The highest BCUT2D eigenvalue weighted by atomic mass is 35.5. The molecule has 2 aromatic carbocycles. The molecule has 1 aromatic heterocycles. The molecule has 0 fully saturated rings. The van der Waals surface area contributed by atoms with Crippen LogP contribution in [0, 0.1) is 6.92 Å². The summed E-state index contributed by atoms with van der Waals surface area (Å²) in [5, 5.41) is 0. The van der Waals surface area contributed by atoms with Crippen molar-refractivity contribution in [3.8, 4) is 11.3 Å². The van der Waals surface area contributed by atoms with Gasteiger partial charge in [-0.1, -0.05) is 42.5 Å². The summed E-state index contributed by atoms with van der Waals surface area (Å²) in [4.78, 5) is 9.60. The van der Waals surface area contributed by atoms with Crippen LogP contribution in [0.15, 0.2) is 48.5 Å². The number of fused-ring (bicyclic) bond motifs is 1. The maximum absolute atomic E-state index is 5.91. The number of hydrogen-bond donors (Lipinski definition) is 0. The van der Waals surface area contributed by atoms with Crippen LogP contribution in [-0.4, -0.2) is 15.8 Å². The Balaban J connectivity index is 2.28. The normalized spacial score (nSPS) is 10.9. The molecular weight excluding hydrogens is 268 g/mol. The number of para-hydroxylation sites is 1. The first-order valence-corrected chi connectivity index (χ1v) is 7.20. The Hall–Kier alpha value is -1.93. The maximum Gasteiger partial charge on any atom is 0.0925 e. The Kier molecular flexibility index (Phi) is 3.66. The Morgan fingerprint density at radius 1 is 0.950 bits per heavy atom. The number of nitrogens with zero attached hydrogens (tertiary/aromatic N) is 2. The molecule has 0 amide bonds. The van der Waals surface area contributed by atoms with Crippen LogP contribution in [0.3, 0.4) is 0 Å². The number of aromatic nitrogens is 2. The van der Waals surface area contributed by atoms with Crippen LogP contribution in [0.4, 0.5) is 0 Å². The van der Waals surface area contributed by atoms with E-state index < -0.39 is 0 Å². The second-order valence-corrected chi connectivity index (χ2v) is 5.14. The predicted molar refractivity (Wildman–Crippen MR) is 84.1 cm³/mol. The monoisotopic (exact) mass is 282 g/mol. The molecule has 0 unspecified atom stereocenters. The molecule has 2 nitrogen and oxygen atoms in total. The van der Waals surface area contributed by atoms with Crippen LogP contribution in [0.2, 0.25) is 0 Å². The van der Waals surface area contributed by atoms with Gasteiger partial charge in [-0.05, 0) is 18.6 Å². The quantitative estimate of drug-likeness (QED) is 0.666. The average molecular weight is 283 g/mol. The molecule has 100 valence electrons. The van der Waals surface area contributed by atoms with E-state index in [0.29, 0.717) is 5.88 Å². The molecule has 3 heteroatoms. The van der Waals surface area contributed by atoms with Crippen molar-refractivity contribution in [3.63, 3.8) is 0 Å². The first-order chi connectivity index (χ1) is 9.79. The minimum atomic E-state index is 0.547. The standard InChI is InChI=1S/C17H15ClN2/c1-12-6-5-9-14-16(12)20-17(15(19-14)10-11-18)13-7-3-2-4-8-13/h2-9H,10-11H2,1H3. The fourth-order valence-corrected chi connectivity index (χ4v) is 2.52. The first kappa shape index (κ1) is 13.1. The molecule has 0 radical (unpaired) electrons. The van der Waals surface area contributed by atoms with Crippen molar-refractivity contribution >= 4 is 22.6 Å². The molecule has 0 atom stereocenters. The number of halogens is 1. The van der Waals surface area contributed by atoms with Gasteiger partial charge in [-0.25, -0.2) is 9.97 Å². The van der Waals surface area contributed by atoms with E-state index in [1.54, 1.807) is 0 Å². The van der Waals surface area contributed by atoms with Crippen LogP contribution >= 0.6 is 11.6 Å². The highest BCUT2D eigenvalue weighted by Crippen LogP contribution is 2.25. The molecule has 3 aromatic rings. The molecular formula is C17H15ClN2. The lowest BCUT2D eigenvalue weighted by atomic mass is 10.1. The molecule has 1 heterocycles. The van der Waals surface area contributed by atoms with Crippen LogP contribution in [0.5, 0.6) is 0 Å². The van der Waals surface area contributed by atoms with E-state index in [4.69, 9.17) is 21.6 Å². The van der Waals surface area contributed by atoms with E-state index in [9.17, 15) is 0 Å². The van der Waals surface area contributed by atoms with Gasteiger partial charge < -0.3 is 0 Å². The van der Waals surface area contributed by atoms with E-state index in [2.05, 4.69) is 25.1 Å². The Labute approximate surface area is 123 Å². The van der Waals surface area contributed by atoms with Crippen LogP contribution in [-0.2, 0) is 6.42 Å². The Morgan fingerprint density at radius 2 is 1.75 bits per heavy atom. The van der Waals surface area contributed by atoms with Gasteiger partial charge in [-0.2, -0.15) is 0 Å². The number of benzene rings is 2. The van der Waals surface area contributed by atoms with Crippen molar-refractivity contribution in [3.05, 3.63) is 59.8 Å². The zero-order valence-electron chi connectivity index (χ0n) is 11.3. The highest BCUT2D eigenvalue weighted by Gasteiger charge is 2.11. The van der Waals surface area contributed by atoms with Crippen LogP contribution in [0.1, 0.15) is 11.3 Å². The molecule has 0 saturated heterocycles. The van der Waals surface area contributed by atoms with Crippen LogP contribution in [0.25, 0.3) is 22.3 Å². The average Bonchev–Trinajstić information content (AvgIpc) is 2.48. The van der Waals surface area contributed by atoms with Gasteiger partial charge in [0.05, 0.1) is 22.4 Å². The molecule has 20 heavy (non-hydrogen) atoms. The van der Waals surface area contributed by atoms with E-state index >= 15 is 0 Å². The first-order valence-electron chi connectivity index (χ1n) is 6.67.